The Hall–Kier alpha value is -2.27. The number of amides is 1. The van der Waals surface area contributed by atoms with E-state index >= 15 is 0 Å². The van der Waals surface area contributed by atoms with E-state index in [-0.39, 0.29) is 11.8 Å². The lowest BCUT2D eigenvalue weighted by Crippen LogP contribution is -2.37. The Morgan fingerprint density at radius 3 is 2.40 bits per heavy atom. The van der Waals surface area contributed by atoms with Gasteiger partial charge in [-0.2, -0.15) is 0 Å². The zero-order valence-corrected chi connectivity index (χ0v) is 14.3. The summed E-state index contributed by atoms with van der Waals surface area (Å²) >= 11 is 0. The van der Waals surface area contributed by atoms with Crippen LogP contribution in [0.2, 0.25) is 0 Å². The van der Waals surface area contributed by atoms with Gasteiger partial charge >= 0.3 is 0 Å². The van der Waals surface area contributed by atoms with E-state index in [1.807, 2.05) is 0 Å². The topological polar surface area (TPSA) is 32.3 Å². The van der Waals surface area contributed by atoms with Gasteiger partial charge in [-0.25, -0.2) is 8.78 Å². The highest BCUT2D eigenvalue weighted by Gasteiger charge is 2.25. The molecule has 1 saturated heterocycles. The Kier molecular flexibility index (Phi) is 5.43. The molecule has 0 aliphatic carbocycles. The molecule has 0 spiro atoms. The number of hydrogen-bond acceptors (Lipinski definition) is 2. The van der Waals surface area contributed by atoms with Crippen LogP contribution in [0.5, 0.6) is 0 Å². The second kappa shape index (κ2) is 7.74. The molecule has 0 bridgehead atoms. The molecule has 0 unspecified atom stereocenters. The first-order chi connectivity index (χ1) is 12.0. The minimum atomic E-state index is -0.953. The highest BCUT2D eigenvalue weighted by molar-refractivity contribution is 5.92. The van der Waals surface area contributed by atoms with Crippen LogP contribution in [0.15, 0.2) is 42.5 Å². The van der Waals surface area contributed by atoms with E-state index in [4.69, 9.17) is 0 Å². The van der Waals surface area contributed by atoms with Crippen molar-refractivity contribution in [3.8, 4) is 0 Å². The van der Waals surface area contributed by atoms with Crippen LogP contribution in [-0.2, 0) is 11.3 Å². The number of halogens is 2. The van der Waals surface area contributed by atoms with E-state index in [2.05, 4.69) is 41.4 Å². The number of piperidine rings is 1. The maximum Gasteiger partial charge on any atom is 0.227 e. The van der Waals surface area contributed by atoms with Crippen LogP contribution in [0.4, 0.5) is 14.5 Å². The van der Waals surface area contributed by atoms with E-state index in [9.17, 15) is 13.6 Å². The number of anilines is 1. The van der Waals surface area contributed by atoms with Gasteiger partial charge in [0, 0.05) is 24.2 Å². The van der Waals surface area contributed by atoms with Gasteiger partial charge in [-0.05, 0) is 50.6 Å². The minimum Gasteiger partial charge on any atom is -0.326 e. The smallest absolute Gasteiger partial charge is 0.227 e. The van der Waals surface area contributed by atoms with Crippen LogP contribution in [-0.4, -0.2) is 23.9 Å². The Bertz CT molecular complexity index is 738. The summed E-state index contributed by atoms with van der Waals surface area (Å²) in [5.74, 6) is -2.09. The van der Waals surface area contributed by atoms with E-state index in [1.54, 1.807) is 0 Å². The lowest BCUT2D eigenvalue weighted by atomic mass is 9.95. The van der Waals surface area contributed by atoms with E-state index in [0.29, 0.717) is 5.69 Å². The SMILES string of the molecule is Cc1ccc(CN2CCC(C(=O)Nc3ccc(F)c(F)c3)CC2)cc1. The van der Waals surface area contributed by atoms with Crippen molar-refractivity contribution in [2.45, 2.75) is 26.3 Å². The average molecular weight is 344 g/mol. The second-order valence-electron chi connectivity index (χ2n) is 6.65. The molecule has 1 heterocycles. The van der Waals surface area contributed by atoms with Crippen molar-refractivity contribution in [1.82, 2.24) is 4.90 Å². The number of nitrogens with zero attached hydrogens (tertiary/aromatic N) is 1. The van der Waals surface area contributed by atoms with Crippen molar-refractivity contribution in [1.29, 1.82) is 0 Å². The Balaban J connectivity index is 1.50. The van der Waals surface area contributed by atoms with Crippen molar-refractivity contribution in [2.24, 2.45) is 5.92 Å². The zero-order chi connectivity index (χ0) is 17.8. The van der Waals surface area contributed by atoms with Gasteiger partial charge in [0.25, 0.3) is 0 Å². The molecule has 3 nitrogen and oxygen atoms in total. The fraction of sp³-hybridized carbons (Fsp3) is 0.350. The fourth-order valence-electron chi connectivity index (χ4n) is 3.12. The second-order valence-corrected chi connectivity index (χ2v) is 6.65. The maximum atomic E-state index is 13.2. The zero-order valence-electron chi connectivity index (χ0n) is 14.3. The molecule has 1 N–H and O–H groups in total. The van der Waals surface area contributed by atoms with Gasteiger partial charge in [0.1, 0.15) is 0 Å². The van der Waals surface area contributed by atoms with Crippen molar-refractivity contribution < 1.29 is 13.6 Å². The molecule has 2 aromatic rings. The van der Waals surface area contributed by atoms with Crippen molar-refractivity contribution in [3.05, 3.63) is 65.2 Å². The number of hydrogen-bond donors (Lipinski definition) is 1. The summed E-state index contributed by atoms with van der Waals surface area (Å²) in [5.41, 5.74) is 2.82. The fourth-order valence-corrected chi connectivity index (χ4v) is 3.12. The molecule has 0 saturated carbocycles. The van der Waals surface area contributed by atoms with E-state index < -0.39 is 11.6 Å². The molecule has 132 valence electrons. The average Bonchev–Trinajstić information content (AvgIpc) is 2.61. The van der Waals surface area contributed by atoms with Gasteiger partial charge in [0.2, 0.25) is 5.91 Å². The van der Waals surface area contributed by atoms with Crippen molar-refractivity contribution in [2.75, 3.05) is 18.4 Å². The third kappa shape index (κ3) is 4.63. The first-order valence-electron chi connectivity index (χ1n) is 8.55. The third-order valence-electron chi connectivity index (χ3n) is 4.67. The maximum absolute atomic E-state index is 13.2. The van der Waals surface area contributed by atoms with Crippen LogP contribution < -0.4 is 5.32 Å². The summed E-state index contributed by atoms with van der Waals surface area (Å²) in [6, 6.07) is 11.9. The van der Waals surface area contributed by atoms with Gasteiger partial charge in [-0.1, -0.05) is 29.8 Å². The molecule has 1 fully saturated rings. The summed E-state index contributed by atoms with van der Waals surface area (Å²) in [5, 5.41) is 2.69. The number of carbonyl (C=O) groups is 1. The Morgan fingerprint density at radius 1 is 1.08 bits per heavy atom. The van der Waals surface area contributed by atoms with Gasteiger partial charge < -0.3 is 5.32 Å². The summed E-state index contributed by atoms with van der Waals surface area (Å²) < 4.78 is 26.2. The molecule has 5 heteroatoms. The van der Waals surface area contributed by atoms with Crippen LogP contribution >= 0.6 is 0 Å². The van der Waals surface area contributed by atoms with Gasteiger partial charge in [-0.3, -0.25) is 9.69 Å². The van der Waals surface area contributed by atoms with Crippen molar-refractivity contribution >= 4 is 11.6 Å². The molecule has 2 aromatic carbocycles. The van der Waals surface area contributed by atoms with Crippen LogP contribution in [0.25, 0.3) is 0 Å². The number of rotatable bonds is 4. The molecule has 0 atom stereocenters. The third-order valence-corrected chi connectivity index (χ3v) is 4.67. The quantitative estimate of drug-likeness (QED) is 0.905. The normalized spacial score (nSPS) is 16.0. The lowest BCUT2D eigenvalue weighted by Gasteiger charge is -2.31. The molecule has 25 heavy (non-hydrogen) atoms. The Labute approximate surface area is 146 Å². The molecule has 1 amide bonds. The molecular formula is C20H22F2N2O. The molecular weight excluding hydrogens is 322 g/mol. The van der Waals surface area contributed by atoms with E-state index in [1.165, 1.54) is 17.2 Å². The predicted molar refractivity (Wildman–Crippen MR) is 94.2 cm³/mol. The van der Waals surface area contributed by atoms with E-state index in [0.717, 1.165) is 44.6 Å². The molecule has 0 aromatic heterocycles. The van der Waals surface area contributed by atoms with Crippen LogP contribution in [0.3, 0.4) is 0 Å². The summed E-state index contributed by atoms with van der Waals surface area (Å²) in [4.78, 5) is 14.7. The number of nitrogens with one attached hydrogen (secondary N) is 1. The summed E-state index contributed by atoms with van der Waals surface area (Å²) in [7, 11) is 0. The standard InChI is InChI=1S/C20H22F2N2O/c1-14-2-4-15(5-3-14)13-24-10-8-16(9-11-24)20(25)23-17-6-7-18(21)19(22)12-17/h2-7,12,16H,8-11,13H2,1H3,(H,23,25). The highest BCUT2D eigenvalue weighted by atomic mass is 19.2. The number of likely N-dealkylation sites (tertiary alicyclic amines) is 1. The molecule has 0 radical (unpaired) electrons. The van der Waals surface area contributed by atoms with Gasteiger partial charge in [0.15, 0.2) is 11.6 Å². The molecule has 1 aliphatic rings. The molecule has 3 rings (SSSR count). The number of benzene rings is 2. The first-order valence-corrected chi connectivity index (χ1v) is 8.55. The summed E-state index contributed by atoms with van der Waals surface area (Å²) in [6.45, 7) is 4.66. The Morgan fingerprint density at radius 2 is 1.76 bits per heavy atom. The van der Waals surface area contributed by atoms with Crippen LogP contribution in [0, 0.1) is 24.5 Å². The van der Waals surface area contributed by atoms with Gasteiger partial charge in [0.05, 0.1) is 0 Å². The monoisotopic (exact) mass is 344 g/mol. The molecule has 1 aliphatic heterocycles. The van der Waals surface area contributed by atoms with Crippen LogP contribution in [0.1, 0.15) is 24.0 Å². The lowest BCUT2D eigenvalue weighted by molar-refractivity contribution is -0.121. The van der Waals surface area contributed by atoms with Crippen molar-refractivity contribution in [3.63, 3.8) is 0 Å². The largest absolute Gasteiger partial charge is 0.326 e. The number of carbonyl (C=O) groups excluding carboxylic acids is 1. The highest BCUT2D eigenvalue weighted by Crippen LogP contribution is 2.22. The van der Waals surface area contributed by atoms with Gasteiger partial charge in [-0.15, -0.1) is 0 Å². The summed E-state index contributed by atoms with van der Waals surface area (Å²) in [6.07, 6.45) is 1.53. The minimum absolute atomic E-state index is 0.0950. The number of aryl methyl sites for hydroxylation is 1. The predicted octanol–water partition coefficient (Wildman–Crippen LogP) is 4.12. The first kappa shape index (κ1) is 17.5.